The molecule has 24 heavy (non-hydrogen) atoms. The van der Waals surface area contributed by atoms with Gasteiger partial charge in [-0.15, -0.1) is 0 Å². The number of ether oxygens (including phenoxy) is 1. The molecule has 2 rings (SSSR count). The van der Waals surface area contributed by atoms with Crippen molar-refractivity contribution >= 4 is 5.91 Å². The average Bonchev–Trinajstić information content (AvgIpc) is 2.54. The molecule has 0 radical (unpaired) electrons. The molecule has 0 saturated heterocycles. The lowest BCUT2D eigenvalue weighted by Gasteiger charge is -2.41. The van der Waals surface area contributed by atoms with Gasteiger partial charge in [0.25, 0.3) is 0 Å². The van der Waals surface area contributed by atoms with Crippen molar-refractivity contribution < 1.29 is 9.53 Å². The van der Waals surface area contributed by atoms with Crippen molar-refractivity contribution in [2.75, 3.05) is 13.2 Å². The molecule has 0 unspecified atom stereocenters. The number of hydrogen-bond donors (Lipinski definition) is 1. The quantitative estimate of drug-likeness (QED) is 0.667. The molecule has 0 spiro atoms. The number of benzene rings is 1. The molecule has 2 N–H and O–H groups in total. The molecule has 0 bridgehead atoms. The summed E-state index contributed by atoms with van der Waals surface area (Å²) in [5.74, 6) is 1.06. The molecule has 4 nitrogen and oxygen atoms in total. The van der Waals surface area contributed by atoms with Crippen LogP contribution in [0.5, 0.6) is 5.75 Å². The summed E-state index contributed by atoms with van der Waals surface area (Å²) >= 11 is 0. The normalized spacial score (nSPS) is 19.6. The molecule has 4 heteroatoms. The number of likely N-dealkylation sites (N-methyl/N-ethyl adjacent to an activating group) is 1. The molecular formula is C20H32N2O2. The molecule has 1 aliphatic rings. The predicted octanol–water partition coefficient (Wildman–Crippen LogP) is 3.53. The molecule has 1 amide bonds. The van der Waals surface area contributed by atoms with Gasteiger partial charge in [-0.2, -0.15) is 0 Å². The summed E-state index contributed by atoms with van der Waals surface area (Å²) in [5, 5.41) is 0. The maximum Gasteiger partial charge on any atom is 0.227 e. The van der Waals surface area contributed by atoms with E-state index in [1.54, 1.807) is 0 Å². The van der Waals surface area contributed by atoms with Crippen LogP contribution in [-0.4, -0.2) is 36.0 Å². The fourth-order valence-electron chi connectivity index (χ4n) is 3.26. The fraction of sp³-hybridized carbons (Fsp3) is 0.650. The van der Waals surface area contributed by atoms with Gasteiger partial charge in [0.1, 0.15) is 5.75 Å². The molecular weight excluding hydrogens is 300 g/mol. The summed E-state index contributed by atoms with van der Waals surface area (Å²) in [7, 11) is 0. The largest absolute Gasteiger partial charge is 0.494 e. The molecule has 1 aliphatic carbocycles. The van der Waals surface area contributed by atoms with E-state index < -0.39 is 0 Å². The first-order valence-corrected chi connectivity index (χ1v) is 9.40. The van der Waals surface area contributed by atoms with Gasteiger partial charge in [-0.1, -0.05) is 38.3 Å². The van der Waals surface area contributed by atoms with Crippen LogP contribution < -0.4 is 10.5 Å². The van der Waals surface area contributed by atoms with Gasteiger partial charge in [0.05, 0.1) is 13.0 Å². The SMILES string of the molecule is CCCCCCOc1cccc(CC(=O)N(CC)[C@H]2C[C@H](N)C2)c1. The highest BCUT2D eigenvalue weighted by molar-refractivity contribution is 5.79. The van der Waals surface area contributed by atoms with E-state index in [0.29, 0.717) is 12.5 Å². The van der Waals surface area contributed by atoms with Crippen LogP contribution in [0.3, 0.4) is 0 Å². The minimum absolute atomic E-state index is 0.189. The van der Waals surface area contributed by atoms with Crippen LogP contribution in [0.15, 0.2) is 24.3 Å². The minimum Gasteiger partial charge on any atom is -0.494 e. The lowest BCUT2D eigenvalue weighted by molar-refractivity contribution is -0.134. The number of nitrogens with two attached hydrogens (primary N) is 1. The number of carbonyl (C=O) groups is 1. The van der Waals surface area contributed by atoms with Gasteiger partial charge in [0, 0.05) is 18.6 Å². The zero-order valence-corrected chi connectivity index (χ0v) is 15.2. The number of hydrogen-bond acceptors (Lipinski definition) is 3. The van der Waals surface area contributed by atoms with Gasteiger partial charge in [0.2, 0.25) is 5.91 Å². The van der Waals surface area contributed by atoms with E-state index in [1.807, 2.05) is 36.1 Å². The Kier molecular flexibility index (Phi) is 7.57. The van der Waals surface area contributed by atoms with Crippen molar-refractivity contribution in [2.24, 2.45) is 5.73 Å². The third kappa shape index (κ3) is 5.52. The zero-order chi connectivity index (χ0) is 17.4. The molecule has 0 aromatic heterocycles. The molecule has 1 aromatic carbocycles. The summed E-state index contributed by atoms with van der Waals surface area (Å²) in [6, 6.07) is 8.53. The van der Waals surface area contributed by atoms with Crippen LogP contribution >= 0.6 is 0 Å². The first-order chi connectivity index (χ1) is 11.6. The van der Waals surface area contributed by atoms with E-state index in [9.17, 15) is 4.79 Å². The molecule has 0 aliphatic heterocycles. The van der Waals surface area contributed by atoms with Gasteiger partial charge in [-0.05, 0) is 43.9 Å². The van der Waals surface area contributed by atoms with E-state index in [4.69, 9.17) is 10.5 Å². The Morgan fingerprint density at radius 2 is 2.04 bits per heavy atom. The Balaban J connectivity index is 1.83. The average molecular weight is 332 g/mol. The van der Waals surface area contributed by atoms with Crippen molar-refractivity contribution in [1.82, 2.24) is 4.90 Å². The lowest BCUT2D eigenvalue weighted by atomic mass is 9.86. The molecule has 0 atom stereocenters. The molecule has 1 saturated carbocycles. The Morgan fingerprint density at radius 3 is 2.71 bits per heavy atom. The maximum atomic E-state index is 12.6. The van der Waals surface area contributed by atoms with Gasteiger partial charge < -0.3 is 15.4 Å². The van der Waals surface area contributed by atoms with Crippen LogP contribution in [0.1, 0.15) is 57.9 Å². The lowest BCUT2D eigenvalue weighted by Crippen LogP contribution is -2.53. The van der Waals surface area contributed by atoms with Crippen molar-refractivity contribution in [3.8, 4) is 5.75 Å². The maximum absolute atomic E-state index is 12.6. The number of nitrogens with zero attached hydrogens (tertiary/aromatic N) is 1. The van der Waals surface area contributed by atoms with Crippen molar-refractivity contribution in [1.29, 1.82) is 0 Å². The van der Waals surface area contributed by atoms with E-state index >= 15 is 0 Å². The Bertz CT molecular complexity index is 512. The van der Waals surface area contributed by atoms with Gasteiger partial charge in [-0.25, -0.2) is 0 Å². The topological polar surface area (TPSA) is 55.6 Å². The second kappa shape index (κ2) is 9.67. The van der Waals surface area contributed by atoms with Crippen molar-refractivity contribution in [3.05, 3.63) is 29.8 Å². The third-order valence-electron chi connectivity index (χ3n) is 4.77. The second-order valence-corrected chi connectivity index (χ2v) is 6.80. The predicted molar refractivity (Wildman–Crippen MR) is 98.2 cm³/mol. The van der Waals surface area contributed by atoms with Crippen LogP contribution in [0, 0.1) is 0 Å². The smallest absolute Gasteiger partial charge is 0.227 e. The summed E-state index contributed by atoms with van der Waals surface area (Å²) in [6.07, 6.45) is 7.09. The fourth-order valence-corrected chi connectivity index (χ4v) is 3.26. The summed E-state index contributed by atoms with van der Waals surface area (Å²) in [4.78, 5) is 14.5. The van der Waals surface area contributed by atoms with Crippen molar-refractivity contribution in [2.45, 2.75) is 70.9 Å². The Morgan fingerprint density at radius 1 is 1.25 bits per heavy atom. The molecule has 1 aromatic rings. The van der Waals surface area contributed by atoms with E-state index in [-0.39, 0.29) is 11.9 Å². The summed E-state index contributed by atoms with van der Waals surface area (Å²) in [6.45, 7) is 5.75. The monoisotopic (exact) mass is 332 g/mol. The van der Waals surface area contributed by atoms with Gasteiger partial charge in [0.15, 0.2) is 0 Å². The molecule has 134 valence electrons. The number of carbonyl (C=O) groups excluding carboxylic acids is 1. The van der Waals surface area contributed by atoms with Gasteiger partial charge >= 0.3 is 0 Å². The summed E-state index contributed by atoms with van der Waals surface area (Å²) < 4.78 is 5.81. The second-order valence-electron chi connectivity index (χ2n) is 6.80. The van der Waals surface area contributed by atoms with E-state index in [2.05, 4.69) is 6.92 Å². The minimum atomic E-state index is 0.189. The number of amides is 1. The van der Waals surface area contributed by atoms with Crippen molar-refractivity contribution in [3.63, 3.8) is 0 Å². The number of rotatable bonds is 10. The van der Waals surface area contributed by atoms with E-state index in [0.717, 1.165) is 43.7 Å². The Labute approximate surface area is 146 Å². The first kappa shape index (κ1) is 18.8. The molecule has 0 heterocycles. The highest BCUT2D eigenvalue weighted by Gasteiger charge is 2.32. The van der Waals surface area contributed by atoms with Crippen LogP contribution in [0.25, 0.3) is 0 Å². The standard InChI is InChI=1S/C20H32N2O2/c1-3-5-6-7-11-24-19-10-8-9-16(12-19)13-20(23)22(4-2)18-14-17(21)15-18/h8-10,12,17-18H,3-7,11,13-15,21H2,1-2H3/t17-,18-. The highest BCUT2D eigenvalue weighted by atomic mass is 16.5. The van der Waals surface area contributed by atoms with Crippen LogP contribution in [0.2, 0.25) is 0 Å². The van der Waals surface area contributed by atoms with Crippen LogP contribution in [0.4, 0.5) is 0 Å². The summed E-state index contributed by atoms with van der Waals surface area (Å²) in [5.41, 5.74) is 6.88. The van der Waals surface area contributed by atoms with E-state index in [1.165, 1.54) is 19.3 Å². The first-order valence-electron chi connectivity index (χ1n) is 9.40. The van der Waals surface area contributed by atoms with Crippen LogP contribution in [-0.2, 0) is 11.2 Å². The zero-order valence-electron chi connectivity index (χ0n) is 15.2. The van der Waals surface area contributed by atoms with Gasteiger partial charge in [-0.3, -0.25) is 4.79 Å². The molecule has 1 fully saturated rings. The highest BCUT2D eigenvalue weighted by Crippen LogP contribution is 2.25. The third-order valence-corrected chi connectivity index (χ3v) is 4.77. The Hall–Kier alpha value is -1.55. The number of unbranched alkanes of at least 4 members (excludes halogenated alkanes) is 3.